The lowest BCUT2D eigenvalue weighted by Gasteiger charge is -2.43. The maximum atomic E-state index is 12.6. The van der Waals surface area contributed by atoms with Crippen LogP contribution in [0.5, 0.6) is 0 Å². The summed E-state index contributed by atoms with van der Waals surface area (Å²) in [7, 11) is 0. The summed E-state index contributed by atoms with van der Waals surface area (Å²) in [5.74, 6) is -1.44. The Kier molecular flexibility index (Phi) is 9.28. The number of allylic oxidation sites excluding steroid dienone is 3. The third-order valence-corrected chi connectivity index (χ3v) is 6.75. The highest BCUT2D eigenvalue weighted by Crippen LogP contribution is 2.45. The Balaban J connectivity index is 2.10. The Morgan fingerprint density at radius 1 is 1.16 bits per heavy atom. The second-order valence-corrected chi connectivity index (χ2v) is 9.51. The number of carboxylic acids is 1. The molecule has 0 saturated heterocycles. The summed E-state index contributed by atoms with van der Waals surface area (Å²) >= 11 is 0. The van der Waals surface area contributed by atoms with Crippen LogP contribution < -0.4 is 0 Å². The molecule has 0 aromatic rings. The number of carboxylic acid groups (broad SMARTS) is 1. The van der Waals surface area contributed by atoms with Crippen molar-refractivity contribution in [1.82, 2.24) is 0 Å². The van der Waals surface area contributed by atoms with Crippen molar-refractivity contribution in [2.45, 2.75) is 84.2 Å². The van der Waals surface area contributed by atoms with Crippen LogP contribution in [0, 0.1) is 29.6 Å². The molecule has 7 nitrogen and oxygen atoms in total. The Hall–Kier alpha value is -1.70. The van der Waals surface area contributed by atoms with Crippen molar-refractivity contribution >= 4 is 11.9 Å². The molecule has 0 fully saturated rings. The largest absolute Gasteiger partial charge is 0.481 e. The predicted molar refractivity (Wildman–Crippen MR) is 116 cm³/mol. The fraction of sp³-hybridized carbons (Fsp3) is 0.750. The molecule has 0 saturated carbocycles. The third kappa shape index (κ3) is 7.16. The fourth-order valence-electron chi connectivity index (χ4n) is 4.78. The zero-order chi connectivity index (χ0) is 23.3. The van der Waals surface area contributed by atoms with E-state index >= 15 is 0 Å². The number of ether oxygens (including phenoxy) is 1. The first-order valence-corrected chi connectivity index (χ1v) is 11.4. The highest BCUT2D eigenvalue weighted by Gasteiger charge is 2.42. The van der Waals surface area contributed by atoms with Crippen molar-refractivity contribution in [1.29, 1.82) is 0 Å². The first-order valence-electron chi connectivity index (χ1n) is 11.4. The molecule has 176 valence electrons. The minimum Gasteiger partial charge on any atom is -0.481 e. The highest BCUT2D eigenvalue weighted by atomic mass is 16.5. The van der Waals surface area contributed by atoms with Crippen molar-refractivity contribution in [2.75, 3.05) is 0 Å². The molecule has 0 aromatic carbocycles. The molecular weight excluding hydrogens is 400 g/mol. The molecule has 7 heteroatoms. The zero-order valence-corrected chi connectivity index (χ0v) is 19.0. The van der Waals surface area contributed by atoms with Gasteiger partial charge in [-0.1, -0.05) is 32.1 Å². The van der Waals surface area contributed by atoms with E-state index in [2.05, 4.69) is 32.1 Å². The van der Waals surface area contributed by atoms with E-state index in [4.69, 9.17) is 9.84 Å². The number of aliphatic hydroxyl groups is 3. The number of aliphatic hydroxyl groups excluding tert-OH is 3. The van der Waals surface area contributed by atoms with Gasteiger partial charge in [-0.3, -0.25) is 9.59 Å². The summed E-state index contributed by atoms with van der Waals surface area (Å²) in [6, 6.07) is 0. The average molecular weight is 439 g/mol. The lowest BCUT2D eigenvalue weighted by Crippen LogP contribution is -2.42. The molecular formula is C24H38O7. The standard InChI is InChI=1S/C24H38O7/c1-13-9-17-6-5-14(2)20(8-7-18(26)11-19(27)12-22(28)29)23(17)21(10-13)31-24(30)15(3)16(4)25/h5-6,9,13-16,18-21,23,25-27H,7-8,10-12H2,1-4H3,(H,28,29)/t13-,14-,15-,16?,18+,19+,20-,21-,23-/m0/s1. The Labute approximate surface area is 184 Å². The average Bonchev–Trinajstić information content (AvgIpc) is 2.65. The molecule has 0 aliphatic heterocycles. The second kappa shape index (κ2) is 11.2. The van der Waals surface area contributed by atoms with Gasteiger partial charge in [0.15, 0.2) is 0 Å². The predicted octanol–water partition coefficient (Wildman–Crippen LogP) is 2.69. The molecule has 2 rings (SSSR count). The van der Waals surface area contributed by atoms with Crippen LogP contribution in [0.25, 0.3) is 0 Å². The van der Waals surface area contributed by atoms with Crippen LogP contribution in [0.1, 0.15) is 59.8 Å². The van der Waals surface area contributed by atoms with Crippen molar-refractivity contribution < 1.29 is 34.8 Å². The smallest absolute Gasteiger partial charge is 0.311 e. The molecule has 0 bridgehead atoms. The summed E-state index contributed by atoms with van der Waals surface area (Å²) in [5, 5.41) is 38.7. The van der Waals surface area contributed by atoms with E-state index in [1.165, 1.54) is 0 Å². The van der Waals surface area contributed by atoms with Crippen molar-refractivity contribution in [3.8, 4) is 0 Å². The lowest BCUT2D eigenvalue weighted by atomic mass is 9.65. The van der Waals surface area contributed by atoms with Crippen LogP contribution in [0.3, 0.4) is 0 Å². The van der Waals surface area contributed by atoms with E-state index in [0.29, 0.717) is 19.3 Å². The molecule has 2 aliphatic rings. The third-order valence-electron chi connectivity index (χ3n) is 6.75. The minimum atomic E-state index is -1.09. The maximum Gasteiger partial charge on any atom is 0.311 e. The van der Waals surface area contributed by atoms with Gasteiger partial charge in [-0.25, -0.2) is 0 Å². The van der Waals surface area contributed by atoms with Crippen LogP contribution in [0.4, 0.5) is 0 Å². The van der Waals surface area contributed by atoms with Gasteiger partial charge in [0.25, 0.3) is 0 Å². The van der Waals surface area contributed by atoms with Gasteiger partial charge in [0.1, 0.15) is 6.10 Å². The summed E-state index contributed by atoms with van der Waals surface area (Å²) < 4.78 is 5.91. The molecule has 4 N–H and O–H groups in total. The summed E-state index contributed by atoms with van der Waals surface area (Å²) in [6.45, 7) is 7.44. The van der Waals surface area contributed by atoms with Crippen LogP contribution in [0.15, 0.2) is 23.8 Å². The van der Waals surface area contributed by atoms with Crippen LogP contribution >= 0.6 is 0 Å². The molecule has 0 spiro atoms. The summed E-state index contributed by atoms with van der Waals surface area (Å²) in [5.41, 5.74) is 1.14. The van der Waals surface area contributed by atoms with Gasteiger partial charge in [0.2, 0.25) is 0 Å². The van der Waals surface area contributed by atoms with Gasteiger partial charge in [0, 0.05) is 5.92 Å². The maximum absolute atomic E-state index is 12.6. The van der Waals surface area contributed by atoms with Crippen LogP contribution in [-0.2, 0) is 14.3 Å². The van der Waals surface area contributed by atoms with Gasteiger partial charge in [0.05, 0.1) is 30.7 Å². The van der Waals surface area contributed by atoms with Crippen LogP contribution in [0.2, 0.25) is 0 Å². The second-order valence-electron chi connectivity index (χ2n) is 9.51. The Morgan fingerprint density at radius 2 is 1.84 bits per heavy atom. The Bertz CT molecular complexity index is 683. The zero-order valence-electron chi connectivity index (χ0n) is 19.0. The normalized spacial score (nSPS) is 31.7. The highest BCUT2D eigenvalue weighted by molar-refractivity contribution is 5.73. The molecule has 0 aromatic heterocycles. The van der Waals surface area contributed by atoms with Gasteiger partial charge < -0.3 is 25.2 Å². The van der Waals surface area contributed by atoms with Gasteiger partial charge >= 0.3 is 11.9 Å². The molecule has 1 unspecified atom stereocenters. The lowest BCUT2D eigenvalue weighted by molar-refractivity contribution is -0.161. The monoisotopic (exact) mass is 438 g/mol. The number of hydrogen-bond acceptors (Lipinski definition) is 6. The fourth-order valence-corrected chi connectivity index (χ4v) is 4.78. The van der Waals surface area contributed by atoms with E-state index in [1.54, 1.807) is 13.8 Å². The number of hydrogen-bond donors (Lipinski definition) is 4. The molecule has 9 atom stereocenters. The van der Waals surface area contributed by atoms with Crippen molar-refractivity contribution in [3.63, 3.8) is 0 Å². The van der Waals surface area contributed by atoms with Crippen LogP contribution in [-0.4, -0.2) is 56.8 Å². The number of fused-ring (bicyclic) bond motifs is 1. The van der Waals surface area contributed by atoms with Gasteiger partial charge in [-0.05, 0) is 62.9 Å². The molecule has 0 amide bonds. The van der Waals surface area contributed by atoms with Crippen molar-refractivity contribution in [3.05, 3.63) is 23.8 Å². The number of carbonyl (C=O) groups excluding carboxylic acids is 1. The molecule has 31 heavy (non-hydrogen) atoms. The number of carbonyl (C=O) groups is 2. The quantitative estimate of drug-likeness (QED) is 0.387. The topological polar surface area (TPSA) is 124 Å². The number of rotatable bonds is 10. The van der Waals surface area contributed by atoms with E-state index in [-0.39, 0.29) is 42.6 Å². The number of aliphatic carboxylic acids is 1. The summed E-state index contributed by atoms with van der Waals surface area (Å²) in [4.78, 5) is 23.3. The van der Waals surface area contributed by atoms with E-state index in [0.717, 1.165) is 5.57 Å². The van der Waals surface area contributed by atoms with Gasteiger partial charge in [-0.2, -0.15) is 0 Å². The van der Waals surface area contributed by atoms with Gasteiger partial charge in [-0.15, -0.1) is 0 Å². The first kappa shape index (κ1) is 25.6. The number of esters is 1. The van der Waals surface area contributed by atoms with E-state index in [9.17, 15) is 24.9 Å². The van der Waals surface area contributed by atoms with E-state index < -0.39 is 36.2 Å². The van der Waals surface area contributed by atoms with Crippen molar-refractivity contribution in [2.24, 2.45) is 29.6 Å². The minimum absolute atomic E-state index is 0.0116. The van der Waals surface area contributed by atoms with E-state index in [1.807, 2.05) is 0 Å². The SMILES string of the molecule is CC(O)[C@H](C)C(=O)O[C@H]1C[C@@H](C)C=C2C=C[C@H](C)[C@H](CC[C@@H](O)C[C@@H](O)CC(=O)O)[C@H]21. The molecule has 0 heterocycles. The first-order chi connectivity index (χ1) is 14.5. The summed E-state index contributed by atoms with van der Waals surface area (Å²) in [6.07, 6.45) is 4.99. The Morgan fingerprint density at radius 3 is 2.45 bits per heavy atom. The molecule has 0 radical (unpaired) electrons. The molecule has 2 aliphatic carbocycles.